The molecule has 2 fully saturated rings. The van der Waals surface area contributed by atoms with Crippen LogP contribution in [0.3, 0.4) is 0 Å². The number of rotatable bonds is 10. The van der Waals surface area contributed by atoms with E-state index in [-0.39, 0.29) is 43.9 Å². The van der Waals surface area contributed by atoms with E-state index in [0.29, 0.717) is 22.3 Å². The Morgan fingerprint density at radius 3 is 2.28 bits per heavy atom. The number of primary amides is 1. The molecule has 3 aliphatic rings. The van der Waals surface area contributed by atoms with Crippen molar-refractivity contribution in [1.29, 1.82) is 0 Å². The van der Waals surface area contributed by atoms with E-state index < -0.39 is 83.2 Å². The third-order valence-corrected chi connectivity index (χ3v) is 9.85. The predicted octanol–water partition coefficient (Wildman–Crippen LogP) is 0.640. The Morgan fingerprint density at radius 1 is 1.00 bits per heavy atom. The third kappa shape index (κ3) is 6.27. The Morgan fingerprint density at radius 2 is 1.68 bits per heavy atom. The molecule has 6 atom stereocenters. The molecule has 0 saturated heterocycles. The molecule has 2 unspecified atom stereocenters. The number of phenols is 1. The molecule has 5 rings (SSSR count). The lowest BCUT2D eigenvalue weighted by atomic mass is 9.52. The molecule has 2 aromatic rings. The molecule has 0 aromatic heterocycles. The van der Waals surface area contributed by atoms with Crippen molar-refractivity contribution in [2.24, 2.45) is 29.4 Å². The SMILES string of the molecule is COCCN(Cc1ccc(-c2ccc(O)c3c2C[C@H]2C[C@H]4[C@H](N(C)C)C(=O)C(C(N)=O)C(=O)[C@@]4(O)C(=O)C2C3=O)cc1)C(=O)OCOC(C)=O. The Bertz CT molecular complexity index is 1760. The third-order valence-electron chi connectivity index (χ3n) is 9.85. The van der Waals surface area contributed by atoms with Crippen molar-refractivity contribution in [3.8, 4) is 16.9 Å². The molecule has 4 N–H and O–H groups in total. The van der Waals surface area contributed by atoms with E-state index in [0.717, 1.165) is 0 Å². The number of esters is 1. The highest BCUT2D eigenvalue weighted by molar-refractivity contribution is 6.32. The molecule has 50 heavy (non-hydrogen) atoms. The van der Waals surface area contributed by atoms with Gasteiger partial charge in [0.2, 0.25) is 12.7 Å². The Kier molecular flexibility index (Phi) is 10.2. The number of carbonyl (C=O) groups is 7. The molecule has 2 amide bonds. The zero-order valence-electron chi connectivity index (χ0n) is 28.0. The van der Waals surface area contributed by atoms with E-state index in [1.165, 1.54) is 44.0 Å². The molecule has 15 nitrogen and oxygen atoms in total. The summed E-state index contributed by atoms with van der Waals surface area (Å²) < 4.78 is 14.8. The highest BCUT2D eigenvalue weighted by Crippen LogP contribution is 2.51. The van der Waals surface area contributed by atoms with Gasteiger partial charge in [-0.3, -0.25) is 33.7 Å². The number of likely N-dealkylation sites (N-methyl/N-ethyl adjacent to an activating group) is 1. The van der Waals surface area contributed by atoms with Gasteiger partial charge in [0, 0.05) is 33.0 Å². The molecule has 266 valence electrons. The number of nitrogens with zero attached hydrogens (tertiary/aromatic N) is 2. The zero-order chi connectivity index (χ0) is 36.7. The average Bonchev–Trinajstić information content (AvgIpc) is 3.04. The summed E-state index contributed by atoms with van der Waals surface area (Å²) in [4.78, 5) is 93.6. The highest BCUT2D eigenvalue weighted by Gasteiger charge is 2.69. The van der Waals surface area contributed by atoms with Gasteiger partial charge in [-0.15, -0.1) is 0 Å². The van der Waals surface area contributed by atoms with Crippen molar-refractivity contribution >= 4 is 41.1 Å². The number of benzene rings is 2. The Balaban J connectivity index is 1.46. The molecule has 3 aliphatic carbocycles. The number of ketones is 4. The predicted molar refractivity (Wildman–Crippen MR) is 172 cm³/mol. The molecule has 0 heterocycles. The van der Waals surface area contributed by atoms with Gasteiger partial charge in [-0.1, -0.05) is 30.3 Å². The fraction of sp³-hybridized carbons (Fsp3) is 0.457. The number of amides is 2. The van der Waals surface area contributed by atoms with Gasteiger partial charge in [-0.05, 0) is 61.2 Å². The van der Waals surface area contributed by atoms with Gasteiger partial charge in [-0.2, -0.15) is 0 Å². The lowest BCUT2D eigenvalue weighted by Gasteiger charge is -2.52. The molecule has 0 bridgehead atoms. The number of Topliss-reactive ketones (excluding diaryl/α,β-unsaturated/α-hetero) is 4. The second-order valence-corrected chi connectivity index (χ2v) is 13.1. The summed E-state index contributed by atoms with van der Waals surface area (Å²) >= 11 is 0. The molecular formula is C35H39N3O12. The lowest BCUT2D eigenvalue weighted by molar-refractivity contribution is -0.181. The van der Waals surface area contributed by atoms with Crippen molar-refractivity contribution in [3.05, 3.63) is 53.1 Å². The summed E-state index contributed by atoms with van der Waals surface area (Å²) in [6, 6.07) is 8.84. The largest absolute Gasteiger partial charge is 0.507 e. The van der Waals surface area contributed by atoms with Crippen molar-refractivity contribution < 1.29 is 58.0 Å². The molecule has 0 aliphatic heterocycles. The molecule has 0 radical (unpaired) electrons. The smallest absolute Gasteiger partial charge is 0.413 e. The van der Waals surface area contributed by atoms with Crippen LogP contribution < -0.4 is 5.73 Å². The van der Waals surface area contributed by atoms with Crippen molar-refractivity contribution in [2.45, 2.75) is 38.0 Å². The number of fused-ring (bicyclic) bond motifs is 3. The van der Waals surface area contributed by atoms with Crippen LogP contribution in [-0.4, -0.2) is 114 Å². The monoisotopic (exact) mass is 693 g/mol. The minimum absolute atomic E-state index is 0.0667. The fourth-order valence-electron chi connectivity index (χ4n) is 7.58. The topological polar surface area (TPSA) is 220 Å². The standard InChI is InChI=1S/C35H39N3O12/c1-17(39)49-16-50-34(46)38(11-12-48-4)15-18-5-7-19(8-6-18)21-9-10-24(40)26-22(21)13-20-14-23-28(37(2)3)30(42)27(33(36)45)32(44)35(23,47)31(43)25(20)29(26)41/h5-10,20,23,25,27-28,40,47H,11-16H2,1-4H3,(H2,36,45)/t20-,23-,25?,27?,28-,35-/m0/s1. The van der Waals surface area contributed by atoms with E-state index in [1.807, 2.05) is 0 Å². The van der Waals surface area contributed by atoms with E-state index >= 15 is 0 Å². The first-order valence-corrected chi connectivity index (χ1v) is 16.0. The second kappa shape index (κ2) is 14.1. The van der Waals surface area contributed by atoms with Gasteiger partial charge in [0.15, 0.2) is 34.7 Å². The second-order valence-electron chi connectivity index (χ2n) is 13.1. The molecular weight excluding hydrogens is 654 g/mol. The summed E-state index contributed by atoms with van der Waals surface area (Å²) in [5, 5.41) is 22.7. The van der Waals surface area contributed by atoms with Gasteiger partial charge >= 0.3 is 12.1 Å². The molecule has 2 saturated carbocycles. The normalized spacial score (nSPS) is 25.8. The Hall–Kier alpha value is -4.99. The fourth-order valence-corrected chi connectivity index (χ4v) is 7.58. The number of hydrogen-bond donors (Lipinski definition) is 3. The van der Waals surface area contributed by atoms with Gasteiger partial charge in [0.1, 0.15) is 5.75 Å². The van der Waals surface area contributed by atoms with E-state index in [1.54, 1.807) is 30.3 Å². The number of phenolic OH excluding ortho intramolecular Hbond substituents is 1. The van der Waals surface area contributed by atoms with Crippen LogP contribution in [0.5, 0.6) is 5.75 Å². The van der Waals surface area contributed by atoms with E-state index in [2.05, 4.69) is 4.74 Å². The maximum absolute atomic E-state index is 14.1. The summed E-state index contributed by atoms with van der Waals surface area (Å²) in [7, 11) is 4.54. The maximum Gasteiger partial charge on any atom is 0.413 e. The number of carbonyl (C=O) groups excluding carboxylic acids is 7. The first kappa shape index (κ1) is 36.3. The highest BCUT2D eigenvalue weighted by atomic mass is 16.7. The molecule has 2 aromatic carbocycles. The maximum atomic E-state index is 14.1. The van der Waals surface area contributed by atoms with E-state index in [4.69, 9.17) is 15.2 Å². The van der Waals surface area contributed by atoms with Gasteiger partial charge < -0.3 is 35.1 Å². The minimum atomic E-state index is -2.80. The quantitative estimate of drug-likeness (QED) is 0.177. The summed E-state index contributed by atoms with van der Waals surface area (Å²) in [6.45, 7) is 1.20. The van der Waals surface area contributed by atoms with Gasteiger partial charge in [0.25, 0.3) is 0 Å². The zero-order valence-corrected chi connectivity index (χ0v) is 28.0. The van der Waals surface area contributed by atoms with E-state index in [9.17, 15) is 43.8 Å². The van der Waals surface area contributed by atoms with Gasteiger partial charge in [-0.25, -0.2) is 4.79 Å². The number of hydrogen-bond acceptors (Lipinski definition) is 13. The van der Waals surface area contributed by atoms with Crippen molar-refractivity contribution in [3.63, 3.8) is 0 Å². The first-order valence-electron chi connectivity index (χ1n) is 16.0. The van der Waals surface area contributed by atoms with Crippen molar-refractivity contribution in [1.82, 2.24) is 9.80 Å². The number of ether oxygens (including phenoxy) is 3. The average molecular weight is 694 g/mol. The summed E-state index contributed by atoms with van der Waals surface area (Å²) in [5.41, 5.74) is 4.89. The van der Waals surface area contributed by atoms with Crippen LogP contribution in [-0.2, 0) is 51.1 Å². The van der Waals surface area contributed by atoms with Crippen LogP contribution >= 0.6 is 0 Å². The number of aliphatic hydroxyl groups is 1. The Labute approximate surface area is 287 Å². The minimum Gasteiger partial charge on any atom is -0.507 e. The number of nitrogens with two attached hydrogens (primary N) is 1. The van der Waals surface area contributed by atoms with Crippen LogP contribution in [0, 0.1) is 23.7 Å². The first-order chi connectivity index (χ1) is 23.6. The van der Waals surface area contributed by atoms with Crippen LogP contribution in [0.2, 0.25) is 0 Å². The number of aromatic hydroxyl groups is 1. The van der Waals surface area contributed by atoms with Crippen LogP contribution in [0.15, 0.2) is 36.4 Å². The summed E-state index contributed by atoms with van der Waals surface area (Å²) in [5.74, 6) is -11.8. The molecule has 15 heteroatoms. The van der Waals surface area contributed by atoms with Crippen LogP contribution in [0.25, 0.3) is 11.1 Å². The van der Waals surface area contributed by atoms with Crippen molar-refractivity contribution in [2.75, 3.05) is 41.1 Å². The van der Waals surface area contributed by atoms with Crippen LogP contribution in [0.4, 0.5) is 4.79 Å². The molecule has 0 spiro atoms. The van der Waals surface area contributed by atoms with Crippen LogP contribution in [0.1, 0.15) is 34.8 Å². The number of methoxy groups -OCH3 is 1. The lowest BCUT2D eigenvalue weighted by Crippen LogP contribution is -2.74. The van der Waals surface area contributed by atoms with Gasteiger partial charge in [0.05, 0.1) is 24.1 Å². The summed E-state index contributed by atoms with van der Waals surface area (Å²) in [6.07, 6.45) is -0.677.